The van der Waals surface area contributed by atoms with Gasteiger partial charge in [0.15, 0.2) is 0 Å². The fourth-order valence-electron chi connectivity index (χ4n) is 2.27. The van der Waals surface area contributed by atoms with Crippen LogP contribution >= 0.6 is 12.6 Å². The monoisotopic (exact) mass is 282 g/mol. The number of halogens is 1. The summed E-state index contributed by atoms with van der Waals surface area (Å²) in [5.41, 5.74) is 1.46. The minimum Gasteiger partial charge on any atom is -0.383 e. The predicted molar refractivity (Wildman–Crippen MR) is 79.5 cm³/mol. The van der Waals surface area contributed by atoms with Gasteiger partial charge < -0.3 is 10.2 Å². The summed E-state index contributed by atoms with van der Waals surface area (Å²) in [5.74, 6) is 0.649. The highest BCUT2D eigenvalue weighted by Crippen LogP contribution is 2.32. The van der Waals surface area contributed by atoms with Gasteiger partial charge in [0.25, 0.3) is 0 Å². The largest absolute Gasteiger partial charge is 0.383 e. The third kappa shape index (κ3) is 3.21. The van der Waals surface area contributed by atoms with Gasteiger partial charge in [-0.25, -0.2) is 4.39 Å². The Balaban J connectivity index is 2.27. The molecule has 5 heteroatoms. The van der Waals surface area contributed by atoms with Crippen LogP contribution in [0.1, 0.15) is 19.8 Å². The van der Waals surface area contributed by atoms with E-state index in [1.807, 2.05) is 0 Å². The molecule has 1 fully saturated rings. The Morgan fingerprint density at radius 2 is 2.32 bits per heavy atom. The number of rotatable bonds is 5. The molecule has 3 nitrogen and oxygen atoms in total. The van der Waals surface area contributed by atoms with Crippen molar-refractivity contribution in [2.75, 3.05) is 29.1 Å². The Labute approximate surface area is 118 Å². The van der Waals surface area contributed by atoms with Gasteiger partial charge in [0.05, 0.1) is 11.4 Å². The zero-order chi connectivity index (χ0) is 13.8. The van der Waals surface area contributed by atoms with Crippen molar-refractivity contribution in [3.05, 3.63) is 24.0 Å². The molecular weight excluding hydrogens is 263 g/mol. The maximum absolute atomic E-state index is 13.4. The summed E-state index contributed by atoms with van der Waals surface area (Å²) < 4.78 is 13.4. The van der Waals surface area contributed by atoms with Crippen molar-refractivity contribution in [1.82, 2.24) is 0 Å². The van der Waals surface area contributed by atoms with Crippen molar-refractivity contribution in [3.8, 4) is 0 Å². The number of hydrogen-bond donors (Lipinski definition) is 2. The van der Waals surface area contributed by atoms with Gasteiger partial charge in [-0.3, -0.25) is 4.79 Å². The second-order valence-electron chi connectivity index (χ2n) is 4.85. The lowest BCUT2D eigenvalue weighted by atomic mass is 10.1. The number of amides is 1. The van der Waals surface area contributed by atoms with E-state index in [2.05, 4.69) is 24.9 Å². The van der Waals surface area contributed by atoms with Crippen LogP contribution in [-0.2, 0) is 4.79 Å². The van der Waals surface area contributed by atoms with Crippen molar-refractivity contribution < 1.29 is 9.18 Å². The highest BCUT2D eigenvalue weighted by atomic mass is 32.1. The third-order valence-electron chi connectivity index (χ3n) is 3.28. The number of carbonyl (C=O) groups is 1. The molecule has 1 amide bonds. The lowest BCUT2D eigenvalue weighted by molar-refractivity contribution is -0.117. The molecule has 1 N–H and O–H groups in total. The summed E-state index contributed by atoms with van der Waals surface area (Å²) in [6, 6.07) is 4.54. The molecule has 1 aromatic rings. The smallest absolute Gasteiger partial charge is 0.227 e. The van der Waals surface area contributed by atoms with E-state index in [1.54, 1.807) is 11.0 Å². The van der Waals surface area contributed by atoms with Gasteiger partial charge in [-0.2, -0.15) is 12.6 Å². The fraction of sp³-hybridized carbons (Fsp3) is 0.500. The van der Waals surface area contributed by atoms with Crippen LogP contribution in [0.25, 0.3) is 0 Å². The van der Waals surface area contributed by atoms with Gasteiger partial charge >= 0.3 is 0 Å². The Morgan fingerprint density at radius 3 is 2.95 bits per heavy atom. The predicted octanol–water partition coefficient (Wildman–Crippen LogP) is 2.93. The minimum atomic E-state index is -0.320. The number of thiol groups is 1. The zero-order valence-electron chi connectivity index (χ0n) is 11.0. The second kappa shape index (κ2) is 6.28. The van der Waals surface area contributed by atoms with Crippen molar-refractivity contribution in [1.29, 1.82) is 0 Å². The molecule has 2 rings (SSSR count). The van der Waals surface area contributed by atoms with Gasteiger partial charge in [-0.05, 0) is 36.3 Å². The van der Waals surface area contributed by atoms with Crippen LogP contribution in [0.2, 0.25) is 0 Å². The number of hydrogen-bond acceptors (Lipinski definition) is 3. The minimum absolute atomic E-state index is 0.0456. The molecule has 0 aromatic heterocycles. The highest BCUT2D eigenvalue weighted by Gasteiger charge is 2.31. The summed E-state index contributed by atoms with van der Waals surface area (Å²) in [6.07, 6.45) is 1.47. The molecular formula is C14H19FN2OS. The molecule has 1 aromatic carbocycles. The van der Waals surface area contributed by atoms with Crippen molar-refractivity contribution in [3.63, 3.8) is 0 Å². The van der Waals surface area contributed by atoms with E-state index in [0.29, 0.717) is 24.4 Å². The molecule has 1 aliphatic rings. The molecule has 1 unspecified atom stereocenters. The first-order chi connectivity index (χ1) is 9.15. The van der Waals surface area contributed by atoms with E-state index < -0.39 is 0 Å². The summed E-state index contributed by atoms with van der Waals surface area (Å²) in [5, 5.41) is 3.24. The van der Waals surface area contributed by atoms with Crippen LogP contribution in [0.5, 0.6) is 0 Å². The molecule has 0 saturated carbocycles. The molecule has 0 bridgehead atoms. The Kier molecular flexibility index (Phi) is 4.69. The van der Waals surface area contributed by atoms with E-state index in [0.717, 1.165) is 18.7 Å². The van der Waals surface area contributed by atoms with Gasteiger partial charge in [-0.15, -0.1) is 0 Å². The third-order valence-corrected chi connectivity index (χ3v) is 3.80. The summed E-state index contributed by atoms with van der Waals surface area (Å²) >= 11 is 4.24. The fourth-order valence-corrected chi connectivity index (χ4v) is 2.52. The molecule has 19 heavy (non-hydrogen) atoms. The average Bonchev–Trinajstić information content (AvgIpc) is 2.78. The number of nitrogens with one attached hydrogen (secondary N) is 1. The summed E-state index contributed by atoms with van der Waals surface area (Å²) in [6.45, 7) is 3.48. The normalized spacial score (nSPS) is 19.0. The lowest BCUT2D eigenvalue weighted by Gasteiger charge is -2.21. The number of benzene rings is 1. The van der Waals surface area contributed by atoms with E-state index in [-0.39, 0.29) is 17.6 Å². The maximum Gasteiger partial charge on any atom is 0.227 e. The van der Waals surface area contributed by atoms with Crippen LogP contribution in [0.3, 0.4) is 0 Å². The summed E-state index contributed by atoms with van der Waals surface area (Å²) in [4.78, 5) is 13.7. The van der Waals surface area contributed by atoms with E-state index in [1.165, 1.54) is 12.1 Å². The van der Waals surface area contributed by atoms with Gasteiger partial charge in [-0.1, -0.05) is 6.92 Å². The maximum atomic E-state index is 13.4. The Bertz CT molecular complexity index is 467. The first kappa shape index (κ1) is 14.2. The first-order valence-electron chi connectivity index (χ1n) is 6.60. The van der Waals surface area contributed by atoms with E-state index >= 15 is 0 Å². The number of anilines is 2. The van der Waals surface area contributed by atoms with Crippen LogP contribution in [0.15, 0.2) is 18.2 Å². The molecule has 0 radical (unpaired) electrons. The Hall–Kier alpha value is -1.23. The molecule has 0 spiro atoms. The lowest BCUT2D eigenvalue weighted by Crippen LogP contribution is -2.26. The van der Waals surface area contributed by atoms with E-state index in [9.17, 15) is 9.18 Å². The second-order valence-corrected chi connectivity index (χ2v) is 5.21. The van der Waals surface area contributed by atoms with Crippen molar-refractivity contribution >= 4 is 29.9 Å². The highest BCUT2D eigenvalue weighted by molar-refractivity contribution is 7.80. The van der Waals surface area contributed by atoms with Crippen molar-refractivity contribution in [2.24, 2.45) is 5.92 Å². The van der Waals surface area contributed by atoms with Crippen molar-refractivity contribution in [2.45, 2.75) is 19.8 Å². The quantitative estimate of drug-likeness (QED) is 0.814. The zero-order valence-corrected chi connectivity index (χ0v) is 11.9. The standard InChI is InChI=1S/C14H19FN2OS/c1-2-5-16-12-4-3-11(15)7-13(12)17-8-10(9-19)6-14(17)18/h3-4,7,10,16,19H,2,5-6,8-9H2,1H3. The molecule has 0 aliphatic carbocycles. The molecule has 1 aliphatic heterocycles. The topological polar surface area (TPSA) is 32.3 Å². The van der Waals surface area contributed by atoms with Gasteiger partial charge in [0.1, 0.15) is 5.82 Å². The average molecular weight is 282 g/mol. The molecule has 1 saturated heterocycles. The van der Waals surface area contributed by atoms with E-state index in [4.69, 9.17) is 0 Å². The van der Waals surface area contributed by atoms with Crippen LogP contribution < -0.4 is 10.2 Å². The SMILES string of the molecule is CCCNc1ccc(F)cc1N1CC(CS)CC1=O. The number of carbonyl (C=O) groups excluding carboxylic acids is 1. The van der Waals surface area contributed by atoms with Gasteiger partial charge in [0.2, 0.25) is 5.91 Å². The van der Waals surface area contributed by atoms with Crippen LogP contribution in [0.4, 0.5) is 15.8 Å². The summed E-state index contributed by atoms with van der Waals surface area (Å²) in [7, 11) is 0. The number of nitrogens with zero attached hydrogens (tertiary/aromatic N) is 1. The van der Waals surface area contributed by atoms with Crippen LogP contribution in [-0.4, -0.2) is 24.7 Å². The molecule has 1 heterocycles. The van der Waals surface area contributed by atoms with Gasteiger partial charge in [0, 0.05) is 19.5 Å². The molecule has 1 atom stereocenters. The Morgan fingerprint density at radius 1 is 1.53 bits per heavy atom. The first-order valence-corrected chi connectivity index (χ1v) is 7.23. The van der Waals surface area contributed by atoms with Crippen LogP contribution in [0, 0.1) is 11.7 Å². The molecule has 104 valence electrons.